The Morgan fingerprint density at radius 1 is 0.667 bits per heavy atom. The van der Waals surface area contributed by atoms with E-state index in [1.165, 1.54) is 0 Å². The number of methoxy groups -OCH3 is 1. The minimum absolute atomic E-state index is 0.243. The minimum atomic E-state index is 0.243. The summed E-state index contributed by atoms with van der Waals surface area (Å²) in [5, 5.41) is 0. The van der Waals surface area contributed by atoms with E-state index in [0.29, 0.717) is 79.2 Å². The van der Waals surface area contributed by atoms with Crippen molar-refractivity contribution in [2.24, 2.45) is 0 Å². The van der Waals surface area contributed by atoms with E-state index < -0.39 is 0 Å². The summed E-state index contributed by atoms with van der Waals surface area (Å²) < 4.78 is 31.8. The van der Waals surface area contributed by atoms with Crippen molar-refractivity contribution in [3.05, 3.63) is 0 Å². The van der Waals surface area contributed by atoms with Gasteiger partial charge in [-0.1, -0.05) is 0 Å². The van der Waals surface area contributed by atoms with Crippen molar-refractivity contribution in [1.82, 2.24) is 4.81 Å². The fourth-order valence-corrected chi connectivity index (χ4v) is 1.60. The van der Waals surface area contributed by atoms with Crippen LogP contribution in [0.4, 0.5) is 0 Å². The molecule has 0 N–H and O–H groups in total. The average Bonchev–Trinajstić information content (AvgIpc) is 2.55. The molecule has 0 aliphatic heterocycles. The first-order chi connectivity index (χ1) is 11.7. The summed E-state index contributed by atoms with van der Waals surface area (Å²) in [5.41, 5.74) is 0. The monoisotopic (exact) mass is 347 g/mol. The Hall–Kier alpha value is -0.215. The highest BCUT2D eigenvalue weighted by Gasteiger charge is 1.99. The molecule has 24 heavy (non-hydrogen) atoms. The summed E-state index contributed by atoms with van der Waals surface area (Å²) in [6.07, 6.45) is 0.243. The molecule has 0 rings (SSSR count). The molecule has 0 aliphatic rings. The maximum absolute atomic E-state index is 5.84. The zero-order valence-electron chi connectivity index (χ0n) is 15.5. The van der Waals surface area contributed by atoms with Gasteiger partial charge in [0.05, 0.1) is 72.2 Å². The molecule has 0 fully saturated rings. The standard InChI is InChI=1S/C16H34BNO6/c1-16(2)24-15-14-23-13-11-21-7-5-18(17)4-6-20-10-12-22-9-8-19-3/h16H,4-15H2,1-3H3. The van der Waals surface area contributed by atoms with Gasteiger partial charge in [-0.25, -0.2) is 0 Å². The number of nitrogens with zero attached hydrogens (tertiary/aromatic N) is 1. The van der Waals surface area contributed by atoms with Crippen LogP contribution in [-0.2, 0) is 28.4 Å². The van der Waals surface area contributed by atoms with E-state index in [1.54, 1.807) is 11.9 Å². The predicted octanol–water partition coefficient (Wildman–Crippen LogP) is 0.510. The molecule has 0 spiro atoms. The Bertz CT molecular complexity index is 249. The SMILES string of the molecule is [B]N(CCOCCOCCOC)CCOCCOCCOC(C)C. The highest BCUT2D eigenvalue weighted by molar-refractivity contribution is 6.04. The Kier molecular flexibility index (Phi) is 18.9. The molecular formula is C16H34BNO6. The molecule has 0 amide bonds. The third-order valence-corrected chi connectivity index (χ3v) is 2.90. The topological polar surface area (TPSA) is 58.6 Å². The van der Waals surface area contributed by atoms with E-state index in [4.69, 9.17) is 36.4 Å². The first-order valence-corrected chi connectivity index (χ1v) is 8.58. The van der Waals surface area contributed by atoms with Crippen LogP contribution in [0.5, 0.6) is 0 Å². The van der Waals surface area contributed by atoms with Crippen LogP contribution in [0.2, 0.25) is 0 Å². The zero-order valence-corrected chi connectivity index (χ0v) is 15.5. The Morgan fingerprint density at radius 3 is 1.54 bits per heavy atom. The number of hydrogen-bond donors (Lipinski definition) is 0. The molecule has 2 radical (unpaired) electrons. The molecule has 8 heteroatoms. The van der Waals surface area contributed by atoms with Crippen molar-refractivity contribution in [3.63, 3.8) is 0 Å². The molecule has 0 bridgehead atoms. The van der Waals surface area contributed by atoms with Gasteiger partial charge in [0.15, 0.2) is 7.98 Å². The summed E-state index contributed by atoms with van der Waals surface area (Å²) in [7, 11) is 7.49. The van der Waals surface area contributed by atoms with Crippen molar-refractivity contribution in [3.8, 4) is 0 Å². The Balaban J connectivity index is 3.14. The van der Waals surface area contributed by atoms with Gasteiger partial charge in [0.25, 0.3) is 0 Å². The molecule has 7 nitrogen and oxygen atoms in total. The van der Waals surface area contributed by atoms with Gasteiger partial charge >= 0.3 is 0 Å². The lowest BCUT2D eigenvalue weighted by molar-refractivity contribution is -0.00304. The van der Waals surface area contributed by atoms with Crippen molar-refractivity contribution in [2.75, 3.05) is 86.3 Å². The first-order valence-electron chi connectivity index (χ1n) is 8.58. The molecular weight excluding hydrogens is 313 g/mol. The van der Waals surface area contributed by atoms with Crippen LogP contribution >= 0.6 is 0 Å². The van der Waals surface area contributed by atoms with Gasteiger partial charge in [-0.3, -0.25) is 0 Å². The lowest BCUT2D eigenvalue weighted by atomic mass is 10.3. The summed E-state index contributed by atoms with van der Waals surface area (Å²) in [6.45, 7) is 11.1. The quantitative estimate of drug-likeness (QED) is 0.249. The average molecular weight is 347 g/mol. The van der Waals surface area contributed by atoms with E-state index in [0.717, 1.165) is 0 Å². The fourth-order valence-electron chi connectivity index (χ4n) is 1.60. The molecule has 0 aromatic heterocycles. The first kappa shape index (κ1) is 23.8. The maximum Gasteiger partial charge on any atom is 0.182 e. The van der Waals surface area contributed by atoms with Crippen molar-refractivity contribution in [2.45, 2.75) is 20.0 Å². The predicted molar refractivity (Wildman–Crippen MR) is 93.6 cm³/mol. The van der Waals surface area contributed by atoms with Gasteiger partial charge in [0.1, 0.15) is 0 Å². The highest BCUT2D eigenvalue weighted by atomic mass is 16.5. The summed E-state index contributed by atoms with van der Waals surface area (Å²) in [5.74, 6) is 0. The summed E-state index contributed by atoms with van der Waals surface area (Å²) >= 11 is 0. The Labute approximate surface area is 148 Å². The van der Waals surface area contributed by atoms with Crippen LogP contribution in [-0.4, -0.2) is 105 Å². The van der Waals surface area contributed by atoms with Crippen LogP contribution in [0.15, 0.2) is 0 Å². The number of rotatable bonds is 19. The van der Waals surface area contributed by atoms with Crippen LogP contribution in [0.25, 0.3) is 0 Å². The van der Waals surface area contributed by atoms with Gasteiger partial charge in [-0.05, 0) is 13.8 Å². The fraction of sp³-hybridized carbons (Fsp3) is 1.00. The molecule has 0 saturated carbocycles. The van der Waals surface area contributed by atoms with Crippen LogP contribution < -0.4 is 0 Å². The van der Waals surface area contributed by atoms with Crippen molar-refractivity contribution >= 4 is 7.98 Å². The number of hydrogen-bond acceptors (Lipinski definition) is 7. The third kappa shape index (κ3) is 19.8. The van der Waals surface area contributed by atoms with E-state index in [1.807, 2.05) is 13.8 Å². The van der Waals surface area contributed by atoms with Crippen molar-refractivity contribution < 1.29 is 28.4 Å². The van der Waals surface area contributed by atoms with E-state index in [-0.39, 0.29) is 6.10 Å². The van der Waals surface area contributed by atoms with Crippen LogP contribution in [0.1, 0.15) is 13.8 Å². The second kappa shape index (κ2) is 19.1. The van der Waals surface area contributed by atoms with E-state index >= 15 is 0 Å². The molecule has 0 aromatic rings. The van der Waals surface area contributed by atoms with Gasteiger partial charge < -0.3 is 33.2 Å². The molecule has 0 saturated heterocycles. The molecule has 0 heterocycles. The van der Waals surface area contributed by atoms with Crippen LogP contribution in [0, 0.1) is 0 Å². The number of ether oxygens (including phenoxy) is 6. The molecule has 0 aromatic carbocycles. The minimum Gasteiger partial charge on any atom is -0.382 e. The second-order valence-corrected chi connectivity index (χ2v) is 5.40. The Morgan fingerprint density at radius 2 is 1.08 bits per heavy atom. The van der Waals surface area contributed by atoms with E-state index in [9.17, 15) is 0 Å². The summed E-state index contributed by atoms with van der Waals surface area (Å²) in [4.78, 5) is 1.68. The highest BCUT2D eigenvalue weighted by Crippen LogP contribution is 1.88. The van der Waals surface area contributed by atoms with Gasteiger partial charge in [-0.2, -0.15) is 0 Å². The van der Waals surface area contributed by atoms with Crippen LogP contribution in [0.3, 0.4) is 0 Å². The molecule has 0 unspecified atom stereocenters. The summed E-state index contributed by atoms with van der Waals surface area (Å²) in [6, 6.07) is 0. The smallest absolute Gasteiger partial charge is 0.182 e. The largest absolute Gasteiger partial charge is 0.382 e. The third-order valence-electron chi connectivity index (χ3n) is 2.90. The molecule has 0 aliphatic carbocycles. The molecule has 142 valence electrons. The lowest BCUT2D eigenvalue weighted by Crippen LogP contribution is -2.29. The van der Waals surface area contributed by atoms with Crippen molar-refractivity contribution in [1.29, 1.82) is 0 Å². The van der Waals surface area contributed by atoms with Gasteiger partial charge in [-0.15, -0.1) is 0 Å². The maximum atomic E-state index is 5.84. The van der Waals surface area contributed by atoms with Gasteiger partial charge in [0.2, 0.25) is 0 Å². The van der Waals surface area contributed by atoms with Gasteiger partial charge in [0, 0.05) is 20.2 Å². The normalized spacial score (nSPS) is 11.7. The lowest BCUT2D eigenvalue weighted by Gasteiger charge is -2.17. The van der Waals surface area contributed by atoms with E-state index in [2.05, 4.69) is 0 Å². The zero-order chi connectivity index (χ0) is 17.9. The second-order valence-electron chi connectivity index (χ2n) is 5.40. The molecule has 0 atom stereocenters.